The number of halogens is 1. The van der Waals surface area contributed by atoms with Crippen LogP contribution in [-0.4, -0.2) is 13.3 Å². The Balaban J connectivity index is 2.34. The number of hydrogen-bond acceptors (Lipinski definition) is 4. The maximum absolute atomic E-state index is 11.6. The molecule has 0 spiro atoms. The van der Waals surface area contributed by atoms with Gasteiger partial charge < -0.3 is 4.57 Å². The van der Waals surface area contributed by atoms with Crippen molar-refractivity contribution in [3.63, 3.8) is 0 Å². The van der Waals surface area contributed by atoms with E-state index in [0.717, 1.165) is 17.4 Å². The van der Waals surface area contributed by atoms with Gasteiger partial charge >= 0.3 is 0 Å². The molecule has 2 rings (SSSR count). The van der Waals surface area contributed by atoms with Crippen LogP contribution in [0, 0.1) is 0 Å². The maximum atomic E-state index is 11.6. The molecule has 14 heavy (non-hydrogen) atoms. The lowest BCUT2D eigenvalue weighted by molar-refractivity contribution is 0.742. The fourth-order valence-electron chi connectivity index (χ4n) is 1.06. The number of aromatic nitrogens is 3. The summed E-state index contributed by atoms with van der Waals surface area (Å²) < 4.78 is 10.1. The van der Waals surface area contributed by atoms with Gasteiger partial charge in [-0.3, -0.25) is 4.79 Å². The van der Waals surface area contributed by atoms with Crippen LogP contribution in [0.2, 0.25) is 0 Å². The Morgan fingerprint density at radius 3 is 3.14 bits per heavy atom. The van der Waals surface area contributed by atoms with Crippen molar-refractivity contribution >= 4 is 27.7 Å². The Bertz CT molecular complexity index is 480. The van der Waals surface area contributed by atoms with Crippen LogP contribution >= 0.6 is 27.7 Å². The van der Waals surface area contributed by atoms with E-state index in [4.69, 9.17) is 0 Å². The molecule has 72 valence electrons. The molecular weight excluding hydrogens is 266 g/mol. The van der Waals surface area contributed by atoms with Gasteiger partial charge in [0.2, 0.25) is 0 Å². The largest absolute Gasteiger partial charge is 0.308 e. The summed E-state index contributed by atoms with van der Waals surface area (Å²) in [6.07, 6.45) is 3.39. The van der Waals surface area contributed by atoms with Crippen molar-refractivity contribution in [2.24, 2.45) is 0 Å². The van der Waals surface area contributed by atoms with E-state index in [-0.39, 0.29) is 5.56 Å². The predicted molar refractivity (Wildman–Crippen MR) is 57.4 cm³/mol. The minimum Gasteiger partial charge on any atom is -0.308 e. The van der Waals surface area contributed by atoms with Gasteiger partial charge in [-0.05, 0) is 28.1 Å². The zero-order valence-electron chi connectivity index (χ0n) is 7.05. The Morgan fingerprint density at radius 1 is 1.57 bits per heavy atom. The topological polar surface area (TPSA) is 47.8 Å². The third-order valence-electron chi connectivity index (χ3n) is 1.71. The summed E-state index contributed by atoms with van der Waals surface area (Å²) in [5.74, 6) is 0. The molecule has 0 N–H and O–H groups in total. The summed E-state index contributed by atoms with van der Waals surface area (Å²) in [6.45, 7) is 0.467. The van der Waals surface area contributed by atoms with E-state index in [1.54, 1.807) is 23.0 Å². The van der Waals surface area contributed by atoms with Crippen LogP contribution in [0.4, 0.5) is 0 Å². The average Bonchev–Trinajstić information content (AvgIpc) is 2.66. The van der Waals surface area contributed by atoms with Crippen LogP contribution in [-0.2, 0) is 6.54 Å². The summed E-state index contributed by atoms with van der Waals surface area (Å²) >= 11 is 4.33. The van der Waals surface area contributed by atoms with E-state index < -0.39 is 0 Å². The third-order valence-corrected chi connectivity index (χ3v) is 2.83. The second-order valence-corrected chi connectivity index (χ2v) is 4.10. The van der Waals surface area contributed by atoms with Gasteiger partial charge in [0.1, 0.15) is 0 Å². The van der Waals surface area contributed by atoms with Gasteiger partial charge in [-0.25, -0.2) is 0 Å². The summed E-state index contributed by atoms with van der Waals surface area (Å²) in [4.78, 5) is 11.6. The lowest BCUT2D eigenvalue weighted by Crippen LogP contribution is -2.20. The Kier molecular flexibility index (Phi) is 2.74. The summed E-state index contributed by atoms with van der Waals surface area (Å²) in [5, 5.41) is 0. The molecule has 2 aromatic heterocycles. The van der Waals surface area contributed by atoms with Crippen LogP contribution in [0.5, 0.6) is 0 Å². The van der Waals surface area contributed by atoms with Gasteiger partial charge in [0.15, 0.2) is 0 Å². The van der Waals surface area contributed by atoms with Gasteiger partial charge in [0.05, 0.1) is 34.6 Å². The first-order valence-corrected chi connectivity index (χ1v) is 5.41. The molecule has 2 aromatic rings. The van der Waals surface area contributed by atoms with E-state index >= 15 is 0 Å². The first-order valence-electron chi connectivity index (χ1n) is 3.89. The van der Waals surface area contributed by atoms with Crippen LogP contribution in [0.1, 0.15) is 5.69 Å². The number of rotatable bonds is 2. The molecule has 0 amide bonds. The van der Waals surface area contributed by atoms with Crippen molar-refractivity contribution in [3.8, 4) is 0 Å². The highest BCUT2D eigenvalue weighted by Crippen LogP contribution is 2.03. The molecule has 2 heterocycles. The average molecular weight is 272 g/mol. The predicted octanol–water partition coefficient (Wildman–Crippen LogP) is 1.51. The molecule has 0 aromatic carbocycles. The van der Waals surface area contributed by atoms with Crippen molar-refractivity contribution in [3.05, 3.63) is 45.0 Å². The van der Waals surface area contributed by atoms with Crippen LogP contribution in [0.3, 0.4) is 0 Å². The van der Waals surface area contributed by atoms with Crippen molar-refractivity contribution in [2.75, 3.05) is 0 Å². The SMILES string of the molecule is O=c1c(Br)cccn1Cc1cnsn1. The zero-order chi connectivity index (χ0) is 9.97. The van der Waals surface area contributed by atoms with E-state index in [2.05, 4.69) is 24.7 Å². The Hall–Kier alpha value is -1.01. The van der Waals surface area contributed by atoms with Crippen molar-refractivity contribution in [1.29, 1.82) is 0 Å². The molecule has 0 saturated heterocycles. The van der Waals surface area contributed by atoms with Gasteiger partial charge in [0.25, 0.3) is 5.56 Å². The lowest BCUT2D eigenvalue weighted by atomic mass is 10.4. The maximum Gasteiger partial charge on any atom is 0.265 e. The van der Waals surface area contributed by atoms with Crippen molar-refractivity contribution in [2.45, 2.75) is 6.54 Å². The highest BCUT2D eigenvalue weighted by Gasteiger charge is 2.02. The molecule has 0 bridgehead atoms. The monoisotopic (exact) mass is 271 g/mol. The zero-order valence-corrected chi connectivity index (χ0v) is 9.46. The number of pyridine rings is 1. The first kappa shape index (κ1) is 9.54. The second kappa shape index (κ2) is 4.02. The first-order chi connectivity index (χ1) is 6.77. The van der Waals surface area contributed by atoms with Crippen LogP contribution in [0.15, 0.2) is 33.8 Å². The minimum absolute atomic E-state index is 0.0551. The van der Waals surface area contributed by atoms with Crippen LogP contribution in [0.25, 0.3) is 0 Å². The molecule has 0 aliphatic heterocycles. The highest BCUT2D eigenvalue weighted by molar-refractivity contribution is 9.10. The molecule has 6 heteroatoms. The van der Waals surface area contributed by atoms with E-state index in [1.165, 1.54) is 0 Å². The number of nitrogens with zero attached hydrogens (tertiary/aromatic N) is 3. The summed E-state index contributed by atoms with van der Waals surface area (Å²) in [6, 6.07) is 3.53. The third kappa shape index (κ3) is 1.91. The van der Waals surface area contributed by atoms with Gasteiger partial charge in [0, 0.05) is 6.20 Å². The Morgan fingerprint density at radius 2 is 2.43 bits per heavy atom. The minimum atomic E-state index is -0.0551. The molecular formula is C8H6BrN3OS. The van der Waals surface area contributed by atoms with Crippen LogP contribution < -0.4 is 5.56 Å². The van der Waals surface area contributed by atoms with E-state index in [0.29, 0.717) is 11.0 Å². The summed E-state index contributed by atoms with van der Waals surface area (Å²) in [7, 11) is 0. The molecule has 0 atom stereocenters. The molecule has 0 radical (unpaired) electrons. The normalized spacial score (nSPS) is 10.4. The second-order valence-electron chi connectivity index (χ2n) is 2.69. The fraction of sp³-hybridized carbons (Fsp3) is 0.125. The summed E-state index contributed by atoms with van der Waals surface area (Å²) in [5.41, 5.74) is 0.746. The quantitative estimate of drug-likeness (QED) is 0.832. The molecule has 0 aliphatic rings. The van der Waals surface area contributed by atoms with Gasteiger partial charge in [-0.1, -0.05) is 0 Å². The van der Waals surface area contributed by atoms with E-state index in [1.807, 2.05) is 6.07 Å². The van der Waals surface area contributed by atoms with Crippen molar-refractivity contribution < 1.29 is 0 Å². The molecule has 0 fully saturated rings. The van der Waals surface area contributed by atoms with Gasteiger partial charge in [-0.2, -0.15) is 8.75 Å². The highest BCUT2D eigenvalue weighted by atomic mass is 79.9. The van der Waals surface area contributed by atoms with Crippen molar-refractivity contribution in [1.82, 2.24) is 13.3 Å². The molecule has 0 aliphatic carbocycles. The van der Waals surface area contributed by atoms with E-state index in [9.17, 15) is 4.79 Å². The standard InChI is InChI=1S/C8H6BrN3OS/c9-7-2-1-3-12(8(7)13)5-6-4-10-14-11-6/h1-4H,5H2. The fourth-order valence-corrected chi connectivity index (χ4v) is 1.87. The molecule has 4 nitrogen and oxygen atoms in total. The Labute approximate surface area is 92.7 Å². The molecule has 0 saturated carbocycles. The van der Waals surface area contributed by atoms with Gasteiger partial charge in [-0.15, -0.1) is 0 Å². The smallest absolute Gasteiger partial charge is 0.265 e. The number of hydrogen-bond donors (Lipinski definition) is 0. The molecule has 0 unspecified atom stereocenters. The lowest BCUT2D eigenvalue weighted by Gasteiger charge is -2.01.